The number of nitrogens with zero attached hydrogens (tertiary/aromatic N) is 3. The highest BCUT2D eigenvalue weighted by Gasteiger charge is 2.28. The standard InChI is InChI=1S/C22H22FN3O4/c1-28-18-8-5-16(13-19(18)29-2)22(27)26-11-9-15(10-12-26)21-25-24-20(30-21)14-3-6-17(23)7-4-14/h3-8,13,15H,9-12H2,1-2H3. The molecule has 1 saturated heterocycles. The van der Waals surface area contributed by atoms with Crippen LogP contribution in [-0.2, 0) is 0 Å². The van der Waals surface area contributed by atoms with E-state index >= 15 is 0 Å². The molecule has 0 atom stereocenters. The Balaban J connectivity index is 1.40. The highest BCUT2D eigenvalue weighted by Crippen LogP contribution is 2.31. The van der Waals surface area contributed by atoms with E-state index in [-0.39, 0.29) is 17.6 Å². The summed E-state index contributed by atoms with van der Waals surface area (Å²) < 4.78 is 29.4. The molecule has 8 heteroatoms. The van der Waals surface area contributed by atoms with Crippen molar-refractivity contribution in [1.29, 1.82) is 0 Å². The van der Waals surface area contributed by atoms with Crippen LogP contribution in [0.3, 0.4) is 0 Å². The van der Waals surface area contributed by atoms with E-state index in [4.69, 9.17) is 13.9 Å². The molecule has 1 aliphatic heterocycles. The Morgan fingerprint density at radius 1 is 1.03 bits per heavy atom. The Hall–Kier alpha value is -3.42. The number of aromatic nitrogens is 2. The van der Waals surface area contributed by atoms with Crippen LogP contribution in [0.5, 0.6) is 11.5 Å². The molecule has 0 N–H and O–H groups in total. The van der Waals surface area contributed by atoms with Gasteiger partial charge in [0, 0.05) is 30.1 Å². The fourth-order valence-electron chi connectivity index (χ4n) is 3.59. The number of methoxy groups -OCH3 is 2. The van der Waals surface area contributed by atoms with Crippen molar-refractivity contribution in [2.24, 2.45) is 0 Å². The quantitative estimate of drug-likeness (QED) is 0.633. The minimum atomic E-state index is -0.315. The average Bonchev–Trinajstić information content (AvgIpc) is 3.29. The van der Waals surface area contributed by atoms with Crippen LogP contribution in [0.2, 0.25) is 0 Å². The van der Waals surface area contributed by atoms with Crippen molar-refractivity contribution < 1.29 is 23.1 Å². The van der Waals surface area contributed by atoms with E-state index in [0.29, 0.717) is 47.5 Å². The van der Waals surface area contributed by atoms with Gasteiger partial charge in [0.05, 0.1) is 14.2 Å². The number of carbonyl (C=O) groups excluding carboxylic acids is 1. The van der Waals surface area contributed by atoms with Crippen LogP contribution in [0.4, 0.5) is 4.39 Å². The van der Waals surface area contributed by atoms with Crippen LogP contribution in [0, 0.1) is 5.82 Å². The molecule has 1 amide bonds. The summed E-state index contributed by atoms with van der Waals surface area (Å²) in [5.74, 6) is 1.75. The second-order valence-corrected chi connectivity index (χ2v) is 7.09. The number of amides is 1. The Morgan fingerprint density at radius 2 is 1.73 bits per heavy atom. The van der Waals surface area contributed by atoms with Crippen LogP contribution in [0.1, 0.15) is 35.0 Å². The molecule has 2 heterocycles. The number of rotatable bonds is 5. The molecule has 7 nitrogen and oxygen atoms in total. The summed E-state index contributed by atoms with van der Waals surface area (Å²) in [5, 5.41) is 8.25. The normalized spacial score (nSPS) is 14.6. The van der Waals surface area contributed by atoms with Gasteiger partial charge in [-0.05, 0) is 55.3 Å². The molecule has 0 radical (unpaired) electrons. The third-order valence-corrected chi connectivity index (χ3v) is 5.29. The van der Waals surface area contributed by atoms with Gasteiger partial charge in [0.2, 0.25) is 11.8 Å². The summed E-state index contributed by atoms with van der Waals surface area (Å²) in [6, 6.07) is 11.1. The summed E-state index contributed by atoms with van der Waals surface area (Å²) >= 11 is 0. The molecule has 1 aliphatic rings. The maximum atomic E-state index is 13.1. The van der Waals surface area contributed by atoms with Crippen molar-refractivity contribution in [3.8, 4) is 23.0 Å². The number of halogens is 1. The summed E-state index contributed by atoms with van der Waals surface area (Å²) in [4.78, 5) is 14.7. The maximum absolute atomic E-state index is 13.1. The lowest BCUT2D eigenvalue weighted by molar-refractivity contribution is 0.0706. The van der Waals surface area contributed by atoms with E-state index in [2.05, 4.69) is 10.2 Å². The molecule has 1 fully saturated rings. The topological polar surface area (TPSA) is 77.7 Å². The summed E-state index contributed by atoms with van der Waals surface area (Å²) in [7, 11) is 3.10. The average molecular weight is 411 g/mol. The third-order valence-electron chi connectivity index (χ3n) is 5.29. The lowest BCUT2D eigenvalue weighted by Gasteiger charge is -2.30. The zero-order chi connectivity index (χ0) is 21.1. The molecule has 0 bridgehead atoms. The van der Waals surface area contributed by atoms with Crippen molar-refractivity contribution >= 4 is 5.91 Å². The summed E-state index contributed by atoms with van der Waals surface area (Å²) in [5.41, 5.74) is 1.23. The van der Waals surface area contributed by atoms with Gasteiger partial charge in [-0.3, -0.25) is 4.79 Å². The fraction of sp³-hybridized carbons (Fsp3) is 0.318. The minimum Gasteiger partial charge on any atom is -0.493 e. The SMILES string of the molecule is COc1ccc(C(=O)N2CCC(c3nnc(-c4ccc(F)cc4)o3)CC2)cc1OC. The van der Waals surface area contributed by atoms with Gasteiger partial charge in [0.15, 0.2) is 11.5 Å². The zero-order valence-electron chi connectivity index (χ0n) is 16.8. The first kappa shape index (κ1) is 19.9. The Bertz CT molecular complexity index is 1030. The molecule has 156 valence electrons. The van der Waals surface area contributed by atoms with Gasteiger partial charge < -0.3 is 18.8 Å². The van der Waals surface area contributed by atoms with Crippen LogP contribution < -0.4 is 9.47 Å². The molecule has 3 aromatic rings. The second kappa shape index (κ2) is 8.52. The van der Waals surface area contributed by atoms with Gasteiger partial charge in [0.1, 0.15) is 5.82 Å². The Morgan fingerprint density at radius 3 is 2.40 bits per heavy atom. The van der Waals surface area contributed by atoms with Crippen molar-refractivity contribution in [2.45, 2.75) is 18.8 Å². The molecular formula is C22H22FN3O4. The fourth-order valence-corrected chi connectivity index (χ4v) is 3.59. The lowest BCUT2D eigenvalue weighted by Crippen LogP contribution is -2.38. The zero-order valence-corrected chi connectivity index (χ0v) is 16.8. The molecule has 0 aliphatic carbocycles. The van der Waals surface area contributed by atoms with Crippen LogP contribution >= 0.6 is 0 Å². The summed E-state index contributed by atoms with van der Waals surface area (Å²) in [6.07, 6.45) is 1.45. The predicted octanol–water partition coefficient (Wildman–Crippen LogP) is 3.91. The number of hydrogen-bond donors (Lipinski definition) is 0. The Labute approximate surface area is 173 Å². The van der Waals surface area contributed by atoms with E-state index < -0.39 is 0 Å². The lowest BCUT2D eigenvalue weighted by atomic mass is 9.96. The molecule has 0 unspecified atom stereocenters. The van der Waals surface area contributed by atoms with Gasteiger partial charge >= 0.3 is 0 Å². The van der Waals surface area contributed by atoms with Crippen LogP contribution in [0.25, 0.3) is 11.5 Å². The van der Waals surface area contributed by atoms with Gasteiger partial charge in [-0.1, -0.05) is 0 Å². The second-order valence-electron chi connectivity index (χ2n) is 7.09. The maximum Gasteiger partial charge on any atom is 0.253 e. The number of ether oxygens (including phenoxy) is 2. The number of hydrogen-bond acceptors (Lipinski definition) is 6. The van der Waals surface area contributed by atoms with E-state index in [1.807, 2.05) is 4.90 Å². The largest absolute Gasteiger partial charge is 0.493 e. The monoisotopic (exact) mass is 411 g/mol. The minimum absolute atomic E-state index is 0.0491. The van der Waals surface area contributed by atoms with Gasteiger partial charge in [0.25, 0.3) is 5.91 Å². The first-order valence-corrected chi connectivity index (χ1v) is 9.69. The number of benzene rings is 2. The molecule has 4 rings (SSSR count). The van der Waals surface area contributed by atoms with Crippen molar-refractivity contribution in [3.05, 3.63) is 59.7 Å². The van der Waals surface area contributed by atoms with E-state index in [0.717, 1.165) is 12.8 Å². The molecular weight excluding hydrogens is 389 g/mol. The molecule has 0 spiro atoms. The first-order chi connectivity index (χ1) is 14.6. The van der Waals surface area contributed by atoms with E-state index in [1.54, 1.807) is 44.6 Å². The third kappa shape index (κ3) is 3.98. The number of carbonyl (C=O) groups is 1. The molecule has 2 aromatic carbocycles. The first-order valence-electron chi connectivity index (χ1n) is 9.69. The Kier molecular flexibility index (Phi) is 5.65. The molecule has 30 heavy (non-hydrogen) atoms. The van der Waals surface area contributed by atoms with Crippen LogP contribution in [0.15, 0.2) is 46.9 Å². The van der Waals surface area contributed by atoms with E-state index in [9.17, 15) is 9.18 Å². The number of likely N-dealkylation sites (tertiary alicyclic amines) is 1. The van der Waals surface area contributed by atoms with Crippen molar-refractivity contribution in [3.63, 3.8) is 0 Å². The predicted molar refractivity (Wildman–Crippen MR) is 107 cm³/mol. The van der Waals surface area contributed by atoms with Crippen LogP contribution in [-0.4, -0.2) is 48.3 Å². The highest BCUT2D eigenvalue weighted by atomic mass is 19.1. The summed E-state index contributed by atoms with van der Waals surface area (Å²) in [6.45, 7) is 1.18. The van der Waals surface area contributed by atoms with E-state index in [1.165, 1.54) is 12.1 Å². The highest BCUT2D eigenvalue weighted by molar-refractivity contribution is 5.95. The van der Waals surface area contributed by atoms with Gasteiger partial charge in [-0.15, -0.1) is 10.2 Å². The molecule has 0 saturated carbocycles. The smallest absolute Gasteiger partial charge is 0.253 e. The van der Waals surface area contributed by atoms with Crippen molar-refractivity contribution in [1.82, 2.24) is 15.1 Å². The van der Waals surface area contributed by atoms with Crippen molar-refractivity contribution in [2.75, 3.05) is 27.3 Å². The van der Waals surface area contributed by atoms with Gasteiger partial charge in [-0.25, -0.2) is 4.39 Å². The molecule has 1 aromatic heterocycles. The van der Waals surface area contributed by atoms with Gasteiger partial charge in [-0.2, -0.15) is 0 Å². The number of piperidine rings is 1.